The van der Waals surface area contributed by atoms with E-state index in [0.29, 0.717) is 18.8 Å². The topological polar surface area (TPSA) is 75.5 Å². The molecule has 2 rings (SSSR count). The monoisotopic (exact) mass is 207 g/mol. The zero-order valence-corrected chi connectivity index (χ0v) is 7.84. The van der Waals surface area contributed by atoms with Crippen molar-refractivity contribution in [2.45, 2.75) is 0 Å². The van der Waals surface area contributed by atoms with Crippen molar-refractivity contribution in [3.05, 3.63) is 34.4 Å². The van der Waals surface area contributed by atoms with E-state index in [4.69, 9.17) is 0 Å². The lowest BCUT2D eigenvalue weighted by atomic mass is 10.2. The van der Waals surface area contributed by atoms with Crippen LogP contribution in [0.3, 0.4) is 0 Å². The van der Waals surface area contributed by atoms with Crippen molar-refractivity contribution in [1.29, 1.82) is 0 Å². The second-order valence-electron chi connectivity index (χ2n) is 3.13. The fourth-order valence-electron chi connectivity index (χ4n) is 1.55. The summed E-state index contributed by atoms with van der Waals surface area (Å²) in [6, 6.07) is 5.93. The number of carbonyl (C=O) groups excluding carboxylic acids is 1. The van der Waals surface area contributed by atoms with Crippen molar-refractivity contribution in [2.75, 3.05) is 18.0 Å². The van der Waals surface area contributed by atoms with E-state index in [9.17, 15) is 14.9 Å². The number of amides is 2. The van der Waals surface area contributed by atoms with Gasteiger partial charge >= 0.3 is 6.03 Å². The van der Waals surface area contributed by atoms with Crippen LogP contribution in [0.4, 0.5) is 16.2 Å². The van der Waals surface area contributed by atoms with Crippen LogP contribution < -0.4 is 10.2 Å². The summed E-state index contributed by atoms with van der Waals surface area (Å²) in [5.74, 6) is 0. The molecule has 1 aromatic carbocycles. The van der Waals surface area contributed by atoms with Crippen LogP contribution in [0.2, 0.25) is 0 Å². The fraction of sp³-hybridized carbons (Fsp3) is 0.222. The van der Waals surface area contributed by atoms with Crippen molar-refractivity contribution in [2.24, 2.45) is 0 Å². The van der Waals surface area contributed by atoms with Gasteiger partial charge in [0.2, 0.25) is 0 Å². The first-order valence-corrected chi connectivity index (χ1v) is 4.49. The lowest BCUT2D eigenvalue weighted by molar-refractivity contribution is -0.384. The van der Waals surface area contributed by atoms with Gasteiger partial charge in [0, 0.05) is 19.2 Å². The molecule has 0 spiro atoms. The number of rotatable bonds is 2. The average molecular weight is 207 g/mol. The Bertz CT molecular complexity index is 419. The Hall–Kier alpha value is -2.11. The van der Waals surface area contributed by atoms with Crippen LogP contribution in [-0.4, -0.2) is 24.0 Å². The van der Waals surface area contributed by atoms with Crippen molar-refractivity contribution >= 4 is 17.4 Å². The molecule has 0 unspecified atom stereocenters. The molecular weight excluding hydrogens is 198 g/mol. The molecule has 0 bridgehead atoms. The third-order valence-electron chi connectivity index (χ3n) is 2.23. The molecule has 15 heavy (non-hydrogen) atoms. The summed E-state index contributed by atoms with van der Waals surface area (Å²) < 4.78 is 0. The molecule has 0 atom stereocenters. The Labute approximate surface area is 85.6 Å². The fourth-order valence-corrected chi connectivity index (χ4v) is 1.55. The molecule has 1 aliphatic rings. The maximum atomic E-state index is 11.3. The maximum Gasteiger partial charge on any atom is 0.322 e. The number of hydrogen-bond donors (Lipinski definition) is 1. The lowest BCUT2D eigenvalue weighted by Gasteiger charge is -2.13. The zero-order chi connectivity index (χ0) is 10.8. The summed E-state index contributed by atoms with van der Waals surface area (Å²) in [6.45, 7) is 0.981. The summed E-state index contributed by atoms with van der Waals surface area (Å²) in [5, 5.41) is 13.3. The number of para-hydroxylation sites is 2. The van der Waals surface area contributed by atoms with Gasteiger partial charge in [-0.05, 0) is 6.07 Å². The molecule has 1 aliphatic heterocycles. The number of benzene rings is 1. The molecule has 1 fully saturated rings. The maximum absolute atomic E-state index is 11.3. The first-order valence-electron chi connectivity index (χ1n) is 4.49. The van der Waals surface area contributed by atoms with E-state index in [1.54, 1.807) is 18.2 Å². The van der Waals surface area contributed by atoms with Gasteiger partial charge in [0.1, 0.15) is 5.69 Å². The number of anilines is 1. The van der Waals surface area contributed by atoms with Gasteiger partial charge in [0.25, 0.3) is 5.69 Å². The van der Waals surface area contributed by atoms with Crippen LogP contribution in [0.5, 0.6) is 0 Å². The van der Waals surface area contributed by atoms with Crippen molar-refractivity contribution in [3.8, 4) is 0 Å². The summed E-state index contributed by atoms with van der Waals surface area (Å²) >= 11 is 0. The molecule has 1 aromatic rings. The van der Waals surface area contributed by atoms with Crippen LogP contribution >= 0.6 is 0 Å². The van der Waals surface area contributed by atoms with Gasteiger partial charge in [-0.25, -0.2) is 4.79 Å². The molecule has 0 aliphatic carbocycles. The number of nitrogens with zero attached hydrogens (tertiary/aromatic N) is 2. The lowest BCUT2D eigenvalue weighted by Crippen LogP contribution is -2.28. The first kappa shape index (κ1) is 9.45. The molecule has 1 saturated heterocycles. The SMILES string of the molecule is O=C1NCCN1c1ccccc1[N+](=O)[O-]. The van der Waals surface area contributed by atoms with Crippen molar-refractivity contribution in [3.63, 3.8) is 0 Å². The number of hydrogen-bond acceptors (Lipinski definition) is 3. The second kappa shape index (κ2) is 3.56. The number of nitro groups is 1. The standard InChI is InChI=1S/C9H9N3O3/c13-9-10-5-6-11(9)7-3-1-2-4-8(7)12(14)15/h1-4H,5-6H2,(H,10,13). The second-order valence-corrected chi connectivity index (χ2v) is 3.13. The summed E-state index contributed by atoms with van der Waals surface area (Å²) in [5.41, 5.74) is 0.298. The third kappa shape index (κ3) is 1.61. The van der Waals surface area contributed by atoms with Crippen LogP contribution in [0.15, 0.2) is 24.3 Å². The van der Waals surface area contributed by atoms with Crippen LogP contribution in [0.25, 0.3) is 0 Å². The Morgan fingerprint density at radius 3 is 2.73 bits per heavy atom. The summed E-state index contributed by atoms with van der Waals surface area (Å²) in [7, 11) is 0. The van der Waals surface area contributed by atoms with Crippen LogP contribution in [0, 0.1) is 10.1 Å². The van der Waals surface area contributed by atoms with E-state index in [2.05, 4.69) is 5.32 Å². The molecule has 2 amide bonds. The average Bonchev–Trinajstić information content (AvgIpc) is 2.64. The van der Waals surface area contributed by atoms with Gasteiger partial charge in [-0.3, -0.25) is 15.0 Å². The minimum Gasteiger partial charge on any atom is -0.336 e. The predicted molar refractivity (Wildman–Crippen MR) is 53.8 cm³/mol. The quantitative estimate of drug-likeness (QED) is 0.583. The number of nitrogens with one attached hydrogen (secondary N) is 1. The van der Waals surface area contributed by atoms with Crippen LogP contribution in [0.1, 0.15) is 0 Å². The number of carbonyl (C=O) groups is 1. The molecule has 1 heterocycles. The summed E-state index contributed by atoms with van der Waals surface area (Å²) in [4.78, 5) is 23.0. The molecule has 6 heteroatoms. The molecule has 0 aromatic heterocycles. The third-order valence-corrected chi connectivity index (χ3v) is 2.23. The number of urea groups is 1. The van der Waals surface area contributed by atoms with Crippen molar-refractivity contribution in [1.82, 2.24) is 5.32 Å². The molecular formula is C9H9N3O3. The van der Waals surface area contributed by atoms with Gasteiger partial charge < -0.3 is 5.32 Å². The first-order chi connectivity index (χ1) is 7.20. The van der Waals surface area contributed by atoms with Crippen LogP contribution in [-0.2, 0) is 0 Å². The predicted octanol–water partition coefficient (Wildman–Crippen LogP) is 1.12. The minimum atomic E-state index is -0.485. The summed E-state index contributed by atoms with van der Waals surface area (Å²) in [6.07, 6.45) is 0. The Balaban J connectivity index is 2.42. The van der Waals surface area contributed by atoms with Gasteiger partial charge in [0.05, 0.1) is 4.92 Å². The highest BCUT2D eigenvalue weighted by atomic mass is 16.6. The van der Waals surface area contributed by atoms with E-state index in [1.165, 1.54) is 11.0 Å². The Morgan fingerprint density at radius 2 is 2.13 bits per heavy atom. The van der Waals surface area contributed by atoms with Gasteiger partial charge in [0.15, 0.2) is 0 Å². The minimum absolute atomic E-state index is 0.0467. The van der Waals surface area contributed by atoms with Gasteiger partial charge in [-0.2, -0.15) is 0 Å². The van der Waals surface area contributed by atoms with E-state index in [-0.39, 0.29) is 11.7 Å². The van der Waals surface area contributed by atoms with Gasteiger partial charge in [-0.1, -0.05) is 12.1 Å². The Morgan fingerprint density at radius 1 is 1.40 bits per heavy atom. The van der Waals surface area contributed by atoms with E-state index < -0.39 is 4.92 Å². The molecule has 0 saturated carbocycles. The highest BCUT2D eigenvalue weighted by molar-refractivity contribution is 5.96. The zero-order valence-electron chi connectivity index (χ0n) is 7.84. The highest BCUT2D eigenvalue weighted by Gasteiger charge is 2.27. The molecule has 1 N–H and O–H groups in total. The normalized spacial score (nSPS) is 15.2. The molecule has 6 nitrogen and oxygen atoms in total. The van der Waals surface area contributed by atoms with E-state index in [1.807, 2.05) is 0 Å². The largest absolute Gasteiger partial charge is 0.336 e. The molecule has 0 radical (unpaired) electrons. The highest BCUT2D eigenvalue weighted by Crippen LogP contribution is 2.28. The van der Waals surface area contributed by atoms with Gasteiger partial charge in [-0.15, -0.1) is 0 Å². The van der Waals surface area contributed by atoms with E-state index >= 15 is 0 Å². The van der Waals surface area contributed by atoms with Crippen molar-refractivity contribution < 1.29 is 9.72 Å². The smallest absolute Gasteiger partial charge is 0.322 e. The van der Waals surface area contributed by atoms with E-state index in [0.717, 1.165) is 0 Å². The number of nitro benzene ring substituents is 1. The molecule has 78 valence electrons. The Kier molecular flexibility index (Phi) is 2.24.